The Morgan fingerprint density at radius 3 is 2.20 bits per heavy atom. The van der Waals surface area contributed by atoms with Crippen molar-refractivity contribution in [2.45, 2.75) is 39.2 Å². The summed E-state index contributed by atoms with van der Waals surface area (Å²) in [6, 6.07) is 14.7. The van der Waals surface area contributed by atoms with Crippen molar-refractivity contribution >= 4 is 11.6 Å². The molecule has 0 bridgehead atoms. The second-order valence-corrected chi connectivity index (χ2v) is 6.24. The lowest BCUT2D eigenvalue weighted by molar-refractivity contribution is 0.506. The monoisotopic (exact) mass is 287 g/mol. The van der Waals surface area contributed by atoms with Crippen LogP contribution in [0.2, 0.25) is 5.02 Å². The van der Waals surface area contributed by atoms with Gasteiger partial charge in [0.25, 0.3) is 0 Å². The van der Waals surface area contributed by atoms with Crippen LogP contribution in [0.5, 0.6) is 0 Å². The van der Waals surface area contributed by atoms with E-state index in [1.165, 1.54) is 5.56 Å². The summed E-state index contributed by atoms with van der Waals surface area (Å²) in [5.74, 6) is 0. The Hall–Kier alpha value is -1.31. The maximum Gasteiger partial charge on any atom is 0.0487 e. The maximum absolute atomic E-state index is 6.34. The van der Waals surface area contributed by atoms with Crippen molar-refractivity contribution in [2.75, 3.05) is 0 Å². The molecule has 0 unspecified atom stereocenters. The molecule has 0 amide bonds. The highest BCUT2D eigenvalue weighted by atomic mass is 35.5. The third-order valence-corrected chi connectivity index (χ3v) is 4.44. The van der Waals surface area contributed by atoms with Crippen LogP contribution in [0.3, 0.4) is 0 Å². The topological polar surface area (TPSA) is 26.0 Å². The highest BCUT2D eigenvalue weighted by Gasteiger charge is 2.17. The van der Waals surface area contributed by atoms with E-state index < -0.39 is 0 Å². The second-order valence-electron chi connectivity index (χ2n) is 5.83. The van der Waals surface area contributed by atoms with Crippen LogP contribution in [-0.2, 0) is 12.0 Å². The molecule has 2 N–H and O–H groups in total. The first kappa shape index (κ1) is 15.1. The third kappa shape index (κ3) is 3.05. The van der Waals surface area contributed by atoms with Crippen molar-refractivity contribution < 1.29 is 0 Å². The smallest absolute Gasteiger partial charge is 0.0487 e. The molecule has 20 heavy (non-hydrogen) atoms. The summed E-state index contributed by atoms with van der Waals surface area (Å²) in [7, 11) is 0. The predicted octanol–water partition coefficient (Wildman–Crippen LogP) is 5.15. The van der Waals surface area contributed by atoms with Crippen molar-refractivity contribution in [1.82, 2.24) is 0 Å². The molecule has 0 spiro atoms. The number of halogens is 1. The van der Waals surface area contributed by atoms with Crippen LogP contribution in [0.4, 0.5) is 0 Å². The van der Waals surface area contributed by atoms with Gasteiger partial charge in [0.1, 0.15) is 0 Å². The Labute approximate surface area is 126 Å². The molecule has 0 aliphatic carbocycles. The Morgan fingerprint density at radius 2 is 1.70 bits per heavy atom. The minimum atomic E-state index is 0.214. The fraction of sp³-hybridized carbons (Fsp3) is 0.333. The fourth-order valence-corrected chi connectivity index (χ4v) is 2.54. The molecule has 1 nitrogen and oxygen atoms in total. The summed E-state index contributed by atoms with van der Waals surface area (Å²) in [5, 5.41) is 0.760. The van der Waals surface area contributed by atoms with E-state index in [1.54, 1.807) is 0 Å². The first-order valence-corrected chi connectivity index (χ1v) is 7.45. The maximum atomic E-state index is 6.34. The van der Waals surface area contributed by atoms with Crippen LogP contribution in [0, 0.1) is 0 Å². The Kier molecular flexibility index (Phi) is 4.52. The molecule has 2 aromatic rings. The lowest BCUT2D eigenvalue weighted by Crippen LogP contribution is -2.14. The van der Waals surface area contributed by atoms with E-state index in [0.29, 0.717) is 6.54 Å². The fourth-order valence-electron chi connectivity index (χ4n) is 2.22. The van der Waals surface area contributed by atoms with Crippen LogP contribution < -0.4 is 5.73 Å². The molecular weight excluding hydrogens is 266 g/mol. The largest absolute Gasteiger partial charge is 0.326 e. The molecule has 2 heteroatoms. The van der Waals surface area contributed by atoms with Gasteiger partial charge in [-0.2, -0.15) is 0 Å². The normalized spacial score (nSPS) is 11.7. The van der Waals surface area contributed by atoms with Crippen molar-refractivity contribution in [2.24, 2.45) is 5.73 Å². The zero-order chi connectivity index (χ0) is 14.8. The molecule has 0 aromatic heterocycles. The van der Waals surface area contributed by atoms with Gasteiger partial charge >= 0.3 is 0 Å². The number of rotatable bonds is 4. The average Bonchev–Trinajstić information content (AvgIpc) is 2.47. The molecule has 0 fully saturated rings. The number of hydrogen-bond donors (Lipinski definition) is 1. The van der Waals surface area contributed by atoms with Gasteiger partial charge < -0.3 is 5.73 Å². The minimum Gasteiger partial charge on any atom is -0.326 e. The summed E-state index contributed by atoms with van der Waals surface area (Å²) in [4.78, 5) is 0. The van der Waals surface area contributed by atoms with E-state index in [9.17, 15) is 0 Å². The van der Waals surface area contributed by atoms with Gasteiger partial charge in [-0.1, -0.05) is 68.8 Å². The Bertz CT molecular complexity index is 585. The zero-order valence-electron chi connectivity index (χ0n) is 12.4. The zero-order valence-corrected chi connectivity index (χ0v) is 13.2. The van der Waals surface area contributed by atoms with Crippen LogP contribution in [0.15, 0.2) is 42.5 Å². The average molecular weight is 288 g/mol. The minimum absolute atomic E-state index is 0.214. The summed E-state index contributed by atoms with van der Waals surface area (Å²) in [6.07, 6.45) is 1.12. The van der Waals surface area contributed by atoms with Crippen molar-refractivity contribution in [1.29, 1.82) is 0 Å². The van der Waals surface area contributed by atoms with Gasteiger partial charge in [-0.25, -0.2) is 0 Å². The highest BCUT2D eigenvalue weighted by molar-refractivity contribution is 6.33. The molecule has 0 radical (unpaired) electrons. The molecule has 0 saturated carbocycles. The van der Waals surface area contributed by atoms with Gasteiger partial charge in [0.05, 0.1) is 0 Å². The second kappa shape index (κ2) is 5.99. The van der Waals surface area contributed by atoms with Gasteiger partial charge in [-0.05, 0) is 34.6 Å². The predicted molar refractivity (Wildman–Crippen MR) is 88.1 cm³/mol. The molecule has 0 heterocycles. The Morgan fingerprint density at radius 1 is 1.05 bits per heavy atom. The first-order chi connectivity index (χ1) is 9.47. The van der Waals surface area contributed by atoms with E-state index in [-0.39, 0.29) is 5.41 Å². The summed E-state index contributed by atoms with van der Waals surface area (Å²) < 4.78 is 0. The van der Waals surface area contributed by atoms with Gasteiger partial charge in [-0.15, -0.1) is 0 Å². The van der Waals surface area contributed by atoms with Crippen molar-refractivity contribution in [3.05, 3.63) is 58.6 Å². The van der Waals surface area contributed by atoms with Gasteiger partial charge in [0.2, 0.25) is 0 Å². The number of hydrogen-bond acceptors (Lipinski definition) is 1. The summed E-state index contributed by atoms with van der Waals surface area (Å²) in [6.45, 7) is 7.27. The molecular formula is C18H22ClN. The molecule has 0 atom stereocenters. The summed E-state index contributed by atoms with van der Waals surface area (Å²) in [5.41, 5.74) is 10.5. The van der Waals surface area contributed by atoms with Crippen LogP contribution in [0.1, 0.15) is 38.3 Å². The van der Waals surface area contributed by atoms with Gasteiger partial charge in [0, 0.05) is 17.1 Å². The van der Waals surface area contributed by atoms with E-state index in [4.69, 9.17) is 17.3 Å². The highest BCUT2D eigenvalue weighted by Crippen LogP contribution is 2.32. The molecule has 0 aliphatic heterocycles. The number of nitrogens with two attached hydrogens (primary N) is 1. The third-order valence-electron chi connectivity index (χ3n) is 4.13. The SMILES string of the molecule is CCC(C)(C)c1ccc(-c2ccc(CN)cc2Cl)cc1. The standard InChI is InChI=1S/C18H22ClN/c1-4-18(2,3)15-8-6-14(7-9-15)16-10-5-13(12-20)11-17(16)19/h5-11H,4,12,20H2,1-3H3. The Balaban J connectivity index is 2.35. The quantitative estimate of drug-likeness (QED) is 0.826. The van der Waals surface area contributed by atoms with Gasteiger partial charge in [0.15, 0.2) is 0 Å². The van der Waals surface area contributed by atoms with E-state index in [1.807, 2.05) is 18.2 Å². The number of benzene rings is 2. The first-order valence-electron chi connectivity index (χ1n) is 7.07. The summed E-state index contributed by atoms with van der Waals surface area (Å²) >= 11 is 6.34. The van der Waals surface area contributed by atoms with E-state index in [2.05, 4.69) is 45.0 Å². The lowest BCUT2D eigenvalue weighted by Gasteiger charge is -2.23. The van der Waals surface area contributed by atoms with Crippen molar-refractivity contribution in [3.8, 4) is 11.1 Å². The van der Waals surface area contributed by atoms with Crippen molar-refractivity contribution in [3.63, 3.8) is 0 Å². The van der Waals surface area contributed by atoms with Crippen LogP contribution >= 0.6 is 11.6 Å². The van der Waals surface area contributed by atoms with E-state index >= 15 is 0 Å². The van der Waals surface area contributed by atoms with Crippen LogP contribution in [0.25, 0.3) is 11.1 Å². The molecule has 2 rings (SSSR count). The molecule has 0 aliphatic rings. The lowest BCUT2D eigenvalue weighted by atomic mass is 9.82. The van der Waals surface area contributed by atoms with E-state index in [0.717, 1.165) is 28.1 Å². The molecule has 2 aromatic carbocycles. The molecule has 106 valence electrons. The van der Waals surface area contributed by atoms with Crippen LogP contribution in [-0.4, -0.2) is 0 Å². The van der Waals surface area contributed by atoms with Gasteiger partial charge in [-0.3, -0.25) is 0 Å². The molecule has 0 saturated heterocycles.